The molecule has 2 aliphatic rings. The molecule has 76 valence electrons. The van der Waals surface area contributed by atoms with Crippen molar-refractivity contribution >= 4 is 11.3 Å². The second kappa shape index (κ2) is 3.07. The van der Waals surface area contributed by atoms with Crippen LogP contribution in [-0.4, -0.2) is 11.7 Å². The monoisotopic (exact) mass is 208 g/mol. The van der Waals surface area contributed by atoms with Crippen molar-refractivity contribution in [3.05, 3.63) is 22.4 Å². The lowest BCUT2D eigenvalue weighted by molar-refractivity contribution is 0.118. The molecule has 0 saturated heterocycles. The van der Waals surface area contributed by atoms with Crippen LogP contribution in [0.2, 0.25) is 0 Å². The smallest absolute Gasteiger partial charge is 0.0491 e. The highest BCUT2D eigenvalue weighted by Crippen LogP contribution is 2.60. The third-order valence-electron chi connectivity index (χ3n) is 3.92. The molecule has 0 radical (unpaired) electrons. The fourth-order valence-electron chi connectivity index (χ4n) is 3.12. The molecule has 2 saturated carbocycles. The molecule has 2 atom stereocenters. The molecular weight excluding hydrogens is 192 g/mol. The number of hydrogen-bond donors (Lipinski definition) is 1. The zero-order valence-electron chi connectivity index (χ0n) is 8.28. The Morgan fingerprint density at radius 1 is 1.43 bits per heavy atom. The van der Waals surface area contributed by atoms with Crippen LogP contribution in [0.1, 0.15) is 24.1 Å². The summed E-state index contributed by atoms with van der Waals surface area (Å²) in [5, 5.41) is 11.7. The summed E-state index contributed by atoms with van der Waals surface area (Å²) in [6.45, 7) is 0.387. The molecule has 2 heteroatoms. The zero-order chi connectivity index (χ0) is 9.60. The van der Waals surface area contributed by atoms with Crippen LogP contribution in [0.4, 0.5) is 0 Å². The molecule has 0 spiro atoms. The molecule has 1 heterocycles. The van der Waals surface area contributed by atoms with Crippen LogP contribution in [-0.2, 0) is 6.42 Å². The summed E-state index contributed by atoms with van der Waals surface area (Å²) in [6.07, 6.45) is 5.08. The Morgan fingerprint density at radius 2 is 2.21 bits per heavy atom. The molecule has 1 aromatic heterocycles. The van der Waals surface area contributed by atoms with E-state index in [1.54, 1.807) is 0 Å². The maximum absolute atomic E-state index is 9.56. The summed E-state index contributed by atoms with van der Waals surface area (Å²) >= 11 is 1.83. The standard InChI is InChI=1S/C12H16OS/c13-8-12(5-9-4-10(9)6-12)7-11-2-1-3-14-11/h1-3,9-10,13H,4-8H2. The lowest BCUT2D eigenvalue weighted by Crippen LogP contribution is -2.25. The molecule has 2 aliphatic carbocycles. The predicted octanol–water partition coefficient (Wildman–Crippen LogP) is 2.70. The van der Waals surface area contributed by atoms with Gasteiger partial charge in [-0.05, 0) is 54.4 Å². The summed E-state index contributed by atoms with van der Waals surface area (Å²) in [5.41, 5.74) is 0.248. The average Bonchev–Trinajstić information content (AvgIpc) is 2.68. The Kier molecular flexibility index (Phi) is 1.96. The van der Waals surface area contributed by atoms with Gasteiger partial charge in [-0.25, -0.2) is 0 Å². The minimum Gasteiger partial charge on any atom is -0.396 e. The van der Waals surface area contributed by atoms with Gasteiger partial charge < -0.3 is 5.11 Å². The second-order valence-corrected chi connectivity index (χ2v) is 6.11. The Morgan fingerprint density at radius 3 is 2.79 bits per heavy atom. The van der Waals surface area contributed by atoms with Crippen molar-refractivity contribution in [3.8, 4) is 0 Å². The number of aliphatic hydroxyl groups excluding tert-OH is 1. The SMILES string of the molecule is OCC1(Cc2cccs2)CC2CC2C1. The highest BCUT2D eigenvalue weighted by atomic mass is 32.1. The minimum atomic E-state index is 0.248. The van der Waals surface area contributed by atoms with E-state index in [0.29, 0.717) is 6.61 Å². The van der Waals surface area contributed by atoms with Gasteiger partial charge in [0.05, 0.1) is 0 Å². The van der Waals surface area contributed by atoms with Crippen LogP contribution in [0.5, 0.6) is 0 Å². The first-order valence-corrected chi connectivity index (χ1v) is 6.33. The fourth-order valence-corrected chi connectivity index (χ4v) is 4.00. The van der Waals surface area contributed by atoms with E-state index in [0.717, 1.165) is 18.3 Å². The van der Waals surface area contributed by atoms with E-state index in [-0.39, 0.29) is 5.41 Å². The van der Waals surface area contributed by atoms with Crippen molar-refractivity contribution in [2.75, 3.05) is 6.61 Å². The van der Waals surface area contributed by atoms with Gasteiger partial charge in [-0.1, -0.05) is 6.07 Å². The molecule has 0 amide bonds. The maximum atomic E-state index is 9.56. The van der Waals surface area contributed by atoms with Gasteiger partial charge in [0.1, 0.15) is 0 Å². The average molecular weight is 208 g/mol. The topological polar surface area (TPSA) is 20.2 Å². The number of hydrogen-bond acceptors (Lipinski definition) is 2. The van der Waals surface area contributed by atoms with E-state index in [1.165, 1.54) is 24.1 Å². The Labute approximate surface area is 88.8 Å². The molecule has 0 aromatic carbocycles. The Hall–Kier alpha value is -0.340. The van der Waals surface area contributed by atoms with E-state index in [4.69, 9.17) is 0 Å². The van der Waals surface area contributed by atoms with Crippen molar-refractivity contribution in [2.45, 2.75) is 25.7 Å². The van der Waals surface area contributed by atoms with E-state index in [2.05, 4.69) is 17.5 Å². The van der Waals surface area contributed by atoms with Gasteiger partial charge in [-0.3, -0.25) is 0 Å². The first kappa shape index (κ1) is 8.93. The van der Waals surface area contributed by atoms with Crippen molar-refractivity contribution < 1.29 is 5.11 Å². The van der Waals surface area contributed by atoms with Crippen LogP contribution in [0.25, 0.3) is 0 Å². The first-order valence-electron chi connectivity index (χ1n) is 5.45. The van der Waals surface area contributed by atoms with Crippen LogP contribution in [0, 0.1) is 17.3 Å². The largest absolute Gasteiger partial charge is 0.396 e. The third kappa shape index (κ3) is 1.41. The summed E-state index contributed by atoms with van der Waals surface area (Å²) in [5.74, 6) is 1.92. The maximum Gasteiger partial charge on any atom is 0.0491 e. The van der Waals surface area contributed by atoms with Crippen molar-refractivity contribution in [2.24, 2.45) is 17.3 Å². The van der Waals surface area contributed by atoms with Gasteiger partial charge >= 0.3 is 0 Å². The number of fused-ring (bicyclic) bond motifs is 1. The predicted molar refractivity (Wildman–Crippen MR) is 58.4 cm³/mol. The molecule has 0 aliphatic heterocycles. The molecule has 1 N–H and O–H groups in total. The van der Waals surface area contributed by atoms with Crippen molar-refractivity contribution in [1.82, 2.24) is 0 Å². The van der Waals surface area contributed by atoms with Crippen molar-refractivity contribution in [3.63, 3.8) is 0 Å². The summed E-state index contributed by atoms with van der Waals surface area (Å²) in [7, 11) is 0. The highest BCUT2D eigenvalue weighted by molar-refractivity contribution is 7.09. The van der Waals surface area contributed by atoms with E-state index in [1.807, 2.05) is 11.3 Å². The normalized spacial score (nSPS) is 39.8. The molecule has 1 nitrogen and oxygen atoms in total. The lowest BCUT2D eigenvalue weighted by atomic mass is 9.80. The molecule has 2 unspecified atom stereocenters. The van der Waals surface area contributed by atoms with E-state index < -0.39 is 0 Å². The van der Waals surface area contributed by atoms with Crippen LogP contribution < -0.4 is 0 Å². The Balaban J connectivity index is 1.75. The lowest BCUT2D eigenvalue weighted by Gasteiger charge is -2.27. The van der Waals surface area contributed by atoms with Gasteiger partial charge in [0.15, 0.2) is 0 Å². The van der Waals surface area contributed by atoms with E-state index in [9.17, 15) is 5.11 Å². The van der Waals surface area contributed by atoms with E-state index >= 15 is 0 Å². The first-order chi connectivity index (χ1) is 6.81. The highest BCUT2D eigenvalue weighted by Gasteiger charge is 2.53. The zero-order valence-corrected chi connectivity index (χ0v) is 9.09. The quantitative estimate of drug-likeness (QED) is 0.809. The second-order valence-electron chi connectivity index (χ2n) is 5.08. The van der Waals surface area contributed by atoms with Crippen molar-refractivity contribution in [1.29, 1.82) is 0 Å². The number of rotatable bonds is 3. The fraction of sp³-hybridized carbons (Fsp3) is 0.667. The van der Waals surface area contributed by atoms with Gasteiger partial charge in [-0.15, -0.1) is 11.3 Å². The minimum absolute atomic E-state index is 0.248. The molecule has 2 fully saturated rings. The van der Waals surface area contributed by atoms with Gasteiger partial charge in [-0.2, -0.15) is 0 Å². The number of thiophene rings is 1. The van der Waals surface area contributed by atoms with Crippen LogP contribution in [0.15, 0.2) is 17.5 Å². The summed E-state index contributed by atoms with van der Waals surface area (Å²) in [6, 6.07) is 4.31. The summed E-state index contributed by atoms with van der Waals surface area (Å²) in [4.78, 5) is 1.44. The van der Waals surface area contributed by atoms with Gasteiger partial charge in [0, 0.05) is 11.5 Å². The molecule has 3 rings (SSSR count). The third-order valence-corrected chi connectivity index (χ3v) is 4.80. The molecule has 1 aromatic rings. The van der Waals surface area contributed by atoms with Crippen LogP contribution >= 0.6 is 11.3 Å². The molecular formula is C12H16OS. The number of aliphatic hydroxyl groups is 1. The summed E-state index contributed by atoms with van der Waals surface area (Å²) < 4.78 is 0. The van der Waals surface area contributed by atoms with Gasteiger partial charge in [0.25, 0.3) is 0 Å². The molecule has 14 heavy (non-hydrogen) atoms. The van der Waals surface area contributed by atoms with Gasteiger partial charge in [0.2, 0.25) is 0 Å². The molecule has 0 bridgehead atoms. The Bertz CT molecular complexity index is 307. The van der Waals surface area contributed by atoms with Crippen LogP contribution in [0.3, 0.4) is 0 Å².